The molecule has 0 aromatic carbocycles. The van der Waals surface area contributed by atoms with Gasteiger partial charge in [0.25, 0.3) is 0 Å². The first-order valence-electron chi connectivity index (χ1n) is 2.47. The second-order valence-electron chi connectivity index (χ2n) is 0.761. The maximum atomic E-state index is 7.50. The molecule has 0 aliphatic rings. The van der Waals surface area contributed by atoms with Crippen LogP contribution in [0.5, 0.6) is 0 Å². The van der Waals surface area contributed by atoms with E-state index in [-0.39, 0.29) is 17.4 Å². The van der Waals surface area contributed by atoms with E-state index < -0.39 is 0 Å². The van der Waals surface area contributed by atoms with Crippen molar-refractivity contribution in [2.45, 2.75) is 6.92 Å². The van der Waals surface area contributed by atoms with Gasteiger partial charge in [-0.2, -0.15) is 0 Å². The number of hydrogen-bond acceptors (Lipinski definition) is 0. The largest absolute Gasteiger partial charge is 0.0620 e. The molecule has 0 unspecified atom stereocenters. The van der Waals surface area contributed by atoms with E-state index >= 15 is 0 Å². The van der Waals surface area contributed by atoms with Crippen LogP contribution in [0.2, 0.25) is 0 Å². The van der Waals surface area contributed by atoms with Crippen LogP contribution in [0.1, 0.15) is 6.92 Å². The molecule has 0 spiro atoms. The molecule has 0 saturated carbocycles. The Morgan fingerprint density at radius 2 is 1.07 bits per heavy atom. The zero-order valence-corrected chi connectivity index (χ0v) is 8.76. The van der Waals surface area contributed by atoms with Gasteiger partial charge in [0.15, 0.2) is 0 Å². The normalized spacial score (nSPS) is 3.57. The van der Waals surface area contributed by atoms with Gasteiger partial charge in [-0.3, -0.25) is 0 Å². The first-order valence-corrected chi connectivity index (χ1v) is 2.47. The molecule has 0 aromatic heterocycles. The van der Waals surface area contributed by atoms with Crippen LogP contribution in [0.3, 0.4) is 0 Å². The fourth-order valence-corrected chi connectivity index (χ4v) is 0.136. The van der Waals surface area contributed by atoms with Crippen molar-refractivity contribution in [2.75, 3.05) is 0 Å². The van der Waals surface area contributed by atoms with Crippen LogP contribution in [0.25, 0.3) is 0 Å². The third-order valence-electron chi connectivity index (χ3n) is 0.329. The average molecular weight is 232 g/mol. The fraction of sp³-hybridized carbons (Fsp3) is 0.111. The van der Waals surface area contributed by atoms with Gasteiger partial charge in [-0.1, -0.05) is 6.92 Å². The van der Waals surface area contributed by atoms with Crippen LogP contribution in [0.15, 0.2) is 0 Å². The summed E-state index contributed by atoms with van der Waals surface area (Å²) < 4.78 is 30.0. The van der Waals surface area contributed by atoms with Gasteiger partial charge in [0.2, 0.25) is 0 Å². The van der Waals surface area contributed by atoms with E-state index in [1.807, 2.05) is 19.8 Å². The zero-order valence-electron chi connectivity index (χ0n) is 7.48. The zero-order chi connectivity index (χ0) is 12.1. The minimum Gasteiger partial charge on any atom is -0.0620 e. The second kappa shape index (κ2) is 266. The Hall–Kier alpha value is -0.508. The van der Waals surface area contributed by atoms with Crippen LogP contribution in [0.4, 0.5) is 0 Å². The summed E-state index contributed by atoms with van der Waals surface area (Å²) in [4.78, 5) is 0. The standard InChI is InChI=1S/C5H8.4CO.Cr/c1-3-5-4-2;4*1-2;/h3-5H,1H2,2H3;;;;;. The van der Waals surface area contributed by atoms with Crippen molar-refractivity contribution in [2.24, 2.45) is 0 Å². The second-order valence-corrected chi connectivity index (χ2v) is 0.761. The predicted octanol–water partition coefficient (Wildman–Crippen LogP) is 1.30. The number of hydrogen-bond donors (Lipinski definition) is 0. The molecule has 0 aromatic rings. The molecule has 0 saturated heterocycles. The molecule has 4 nitrogen and oxygen atoms in total. The Bertz CT molecular complexity index is 89.0. The van der Waals surface area contributed by atoms with Gasteiger partial charge in [-0.25, -0.2) is 0 Å². The molecule has 14 heavy (non-hydrogen) atoms. The van der Waals surface area contributed by atoms with Gasteiger partial charge in [0.1, 0.15) is 0 Å². The Morgan fingerprint density at radius 3 is 1.07 bits per heavy atom. The summed E-state index contributed by atoms with van der Waals surface area (Å²) in [6.45, 7) is 23.4. The quantitative estimate of drug-likeness (QED) is 0.508. The van der Waals surface area contributed by atoms with Gasteiger partial charge in [-0.05, 0) is 26.2 Å². The summed E-state index contributed by atoms with van der Waals surface area (Å²) in [5.74, 6) is 0. The SMILES string of the molecule is [C-]#[O+].[C-]#[O+].[C-]#[O+].[C-]#[O+].[CH2][CH][CH][CH]C.[Cr]. The van der Waals surface area contributed by atoms with Crippen molar-refractivity contribution in [3.63, 3.8) is 0 Å². The van der Waals surface area contributed by atoms with Crippen molar-refractivity contribution in [3.05, 3.63) is 52.8 Å². The Morgan fingerprint density at radius 1 is 0.857 bits per heavy atom. The maximum absolute atomic E-state index is 7.50. The first kappa shape index (κ1) is 37.5. The van der Waals surface area contributed by atoms with Crippen molar-refractivity contribution >= 4 is 0 Å². The topological polar surface area (TPSA) is 79.6 Å². The molecule has 0 heterocycles. The third kappa shape index (κ3) is 568. The van der Waals surface area contributed by atoms with Crippen molar-refractivity contribution in [1.29, 1.82) is 0 Å². The van der Waals surface area contributed by atoms with Crippen LogP contribution in [0, 0.1) is 52.8 Å². The summed E-state index contributed by atoms with van der Waals surface area (Å²) in [5.41, 5.74) is 0. The summed E-state index contributed by atoms with van der Waals surface area (Å²) in [6, 6.07) is 0. The molecule has 0 atom stereocenters. The Balaban J connectivity index is -0.0000000156. The summed E-state index contributed by atoms with van der Waals surface area (Å²) >= 11 is 0. The van der Waals surface area contributed by atoms with E-state index in [9.17, 15) is 0 Å². The van der Waals surface area contributed by atoms with Gasteiger partial charge >= 0.3 is 45.2 Å². The van der Waals surface area contributed by atoms with E-state index in [4.69, 9.17) is 18.6 Å². The number of rotatable bonds is 2. The molecule has 0 aliphatic heterocycles. The van der Waals surface area contributed by atoms with Crippen LogP contribution in [-0.2, 0) is 36.0 Å². The molecule has 0 fully saturated rings. The molecule has 5 heteroatoms. The minimum absolute atomic E-state index is 0. The predicted molar refractivity (Wildman–Crippen MR) is 39.6 cm³/mol. The van der Waals surface area contributed by atoms with E-state index in [1.54, 1.807) is 6.42 Å². The van der Waals surface area contributed by atoms with E-state index in [0.717, 1.165) is 0 Å². The molecular weight excluding hydrogens is 224 g/mol. The Kier molecular flexibility index (Phi) is 712. The van der Waals surface area contributed by atoms with Crippen molar-refractivity contribution < 1.29 is 36.0 Å². The molecular formula is C9H8CrO4. The summed E-state index contributed by atoms with van der Waals surface area (Å²) in [7, 11) is 0. The third-order valence-corrected chi connectivity index (χ3v) is 0.329. The van der Waals surface area contributed by atoms with E-state index in [0.29, 0.717) is 0 Å². The average Bonchev–Trinajstić information content (AvgIpc) is 2.30. The molecule has 74 valence electrons. The monoisotopic (exact) mass is 232 g/mol. The molecule has 0 aliphatic carbocycles. The number of unbranched alkanes of at least 4 members (excludes halogenated alkanes) is 2. The van der Waals surface area contributed by atoms with Crippen molar-refractivity contribution in [1.82, 2.24) is 0 Å². The molecule has 0 bridgehead atoms. The van der Waals surface area contributed by atoms with Gasteiger partial charge in [0, 0.05) is 17.4 Å². The summed E-state index contributed by atoms with van der Waals surface area (Å²) in [6.07, 6.45) is 5.58. The minimum atomic E-state index is 0. The van der Waals surface area contributed by atoms with E-state index in [2.05, 4.69) is 33.5 Å². The smallest absolute Gasteiger partial charge is 0 e. The fourth-order valence-electron chi connectivity index (χ4n) is 0.136. The molecule has 0 N–H and O–H groups in total. The van der Waals surface area contributed by atoms with Crippen molar-refractivity contribution in [3.8, 4) is 0 Å². The van der Waals surface area contributed by atoms with Crippen LogP contribution < -0.4 is 0 Å². The van der Waals surface area contributed by atoms with Gasteiger partial charge < -0.3 is 0 Å². The van der Waals surface area contributed by atoms with Crippen LogP contribution in [-0.4, -0.2) is 0 Å². The van der Waals surface area contributed by atoms with Gasteiger partial charge in [-0.15, -0.1) is 0 Å². The molecule has 0 rings (SSSR count). The first-order chi connectivity index (χ1) is 6.41. The molecule has 0 amide bonds. The van der Waals surface area contributed by atoms with E-state index in [1.165, 1.54) is 0 Å². The Labute approximate surface area is 96.1 Å². The van der Waals surface area contributed by atoms with Crippen LogP contribution >= 0.6 is 0 Å². The summed E-state index contributed by atoms with van der Waals surface area (Å²) in [5, 5.41) is 0. The van der Waals surface area contributed by atoms with Gasteiger partial charge in [0.05, 0.1) is 0 Å². The molecule has 4 radical (unpaired) electrons. The maximum Gasteiger partial charge on any atom is 0 e.